The van der Waals surface area contributed by atoms with Gasteiger partial charge < -0.3 is 0 Å². The topological polar surface area (TPSA) is 50.3 Å². The Morgan fingerprint density at radius 1 is 1.00 bits per heavy atom. The van der Waals surface area contributed by atoms with Crippen LogP contribution in [0.3, 0.4) is 0 Å². The molecule has 2 atom stereocenters. The van der Waals surface area contributed by atoms with Crippen molar-refractivity contribution in [3.63, 3.8) is 0 Å². The van der Waals surface area contributed by atoms with E-state index in [1.807, 2.05) is 30.3 Å². The molecule has 0 spiro atoms. The van der Waals surface area contributed by atoms with E-state index in [1.165, 1.54) is 4.90 Å². The summed E-state index contributed by atoms with van der Waals surface area (Å²) in [7, 11) is 0. The maximum absolute atomic E-state index is 12.9. The first-order valence-electron chi connectivity index (χ1n) is 9.86. The fourth-order valence-corrected chi connectivity index (χ4v) is 6.65. The van der Waals surface area contributed by atoms with Gasteiger partial charge in [-0.2, -0.15) is 0 Å². The number of benzene rings is 2. The van der Waals surface area contributed by atoms with Crippen molar-refractivity contribution < 1.29 is 9.59 Å². The van der Waals surface area contributed by atoms with Gasteiger partial charge in [0.15, 0.2) is 4.34 Å². The first kappa shape index (κ1) is 20.3. The molecule has 2 aliphatic rings. The number of carbonyl (C=O) groups excluding carboxylic acids is 2. The summed E-state index contributed by atoms with van der Waals surface area (Å²) in [6.45, 7) is 0. The molecule has 1 aromatic heterocycles. The highest BCUT2D eigenvalue weighted by molar-refractivity contribution is 8.00. The maximum Gasteiger partial charge on any atom is 0.237 e. The van der Waals surface area contributed by atoms with Gasteiger partial charge in [-0.15, -0.1) is 11.3 Å². The smallest absolute Gasteiger partial charge is 0.237 e. The Bertz CT molecular complexity index is 1140. The van der Waals surface area contributed by atoms with Gasteiger partial charge >= 0.3 is 0 Å². The van der Waals surface area contributed by atoms with Crippen molar-refractivity contribution in [2.24, 2.45) is 11.8 Å². The normalized spacial score (nSPS) is 21.5. The molecule has 1 saturated carbocycles. The Morgan fingerprint density at radius 2 is 1.73 bits per heavy atom. The summed E-state index contributed by atoms with van der Waals surface area (Å²) in [5.41, 5.74) is 2.61. The molecule has 8 heteroatoms. The van der Waals surface area contributed by atoms with Crippen LogP contribution in [0.2, 0.25) is 10.0 Å². The first-order chi connectivity index (χ1) is 14.5. The lowest BCUT2D eigenvalue weighted by molar-refractivity contribution is -0.122. The summed E-state index contributed by atoms with van der Waals surface area (Å²) >= 11 is 15.3. The number of halogens is 2. The van der Waals surface area contributed by atoms with Gasteiger partial charge in [0.25, 0.3) is 0 Å². The van der Waals surface area contributed by atoms with E-state index in [1.54, 1.807) is 29.2 Å². The van der Waals surface area contributed by atoms with Crippen molar-refractivity contribution >= 4 is 74.0 Å². The Hall–Kier alpha value is -1.60. The number of anilines is 1. The molecule has 30 heavy (non-hydrogen) atoms. The van der Waals surface area contributed by atoms with Crippen LogP contribution in [0.4, 0.5) is 5.69 Å². The van der Waals surface area contributed by atoms with Crippen LogP contribution in [0.5, 0.6) is 0 Å². The van der Waals surface area contributed by atoms with Gasteiger partial charge in [-0.1, -0.05) is 53.9 Å². The predicted octanol–water partition coefficient (Wildman–Crippen LogP) is 6.58. The Kier molecular flexibility index (Phi) is 5.52. The molecule has 1 aliphatic heterocycles. The largest absolute Gasteiger partial charge is 0.274 e. The third-order valence-electron chi connectivity index (χ3n) is 5.80. The molecule has 3 aromatic rings. The molecule has 0 bridgehead atoms. The highest BCUT2D eigenvalue weighted by Crippen LogP contribution is 2.41. The van der Waals surface area contributed by atoms with Crippen molar-refractivity contribution in [1.82, 2.24) is 4.98 Å². The summed E-state index contributed by atoms with van der Waals surface area (Å²) in [5, 5.41) is 1.09. The van der Waals surface area contributed by atoms with Crippen LogP contribution >= 0.6 is 46.3 Å². The number of imide groups is 1. The molecule has 0 radical (unpaired) electrons. The molecule has 0 N–H and O–H groups in total. The maximum atomic E-state index is 12.9. The van der Waals surface area contributed by atoms with Crippen molar-refractivity contribution in [2.75, 3.05) is 4.90 Å². The molecule has 0 unspecified atom stereocenters. The zero-order valence-electron chi connectivity index (χ0n) is 15.9. The fourth-order valence-electron chi connectivity index (χ4n) is 4.28. The average molecular weight is 477 g/mol. The summed E-state index contributed by atoms with van der Waals surface area (Å²) in [5.74, 6) is 0.378. The van der Waals surface area contributed by atoms with Gasteiger partial charge in [0, 0.05) is 5.75 Å². The summed E-state index contributed by atoms with van der Waals surface area (Å²) in [6.07, 6.45) is 3.71. The van der Waals surface area contributed by atoms with E-state index in [-0.39, 0.29) is 23.7 Å². The number of fused-ring (bicyclic) bond motifs is 2. The number of hydrogen-bond donors (Lipinski definition) is 0. The SMILES string of the molecule is O=C1[C@H]2CCCC[C@@H]2C(=O)N1c1ccc2nc(SCc3ccc(Cl)c(Cl)c3)sc2c1. The van der Waals surface area contributed by atoms with Gasteiger partial charge in [0.1, 0.15) is 0 Å². The molecule has 2 amide bonds. The molecular formula is C22H18Cl2N2O2S2. The fraction of sp³-hybridized carbons (Fsp3) is 0.318. The summed E-state index contributed by atoms with van der Waals surface area (Å²) in [4.78, 5) is 31.8. The van der Waals surface area contributed by atoms with Gasteiger partial charge in [0.05, 0.1) is 37.8 Å². The number of carbonyl (C=O) groups is 2. The predicted molar refractivity (Wildman–Crippen MR) is 124 cm³/mol. The molecular weight excluding hydrogens is 459 g/mol. The lowest BCUT2D eigenvalue weighted by atomic mass is 9.81. The minimum atomic E-state index is -0.138. The van der Waals surface area contributed by atoms with Gasteiger partial charge in [-0.05, 0) is 48.7 Å². The van der Waals surface area contributed by atoms with Crippen LogP contribution in [0.1, 0.15) is 31.2 Å². The van der Waals surface area contributed by atoms with Crippen LogP contribution in [-0.2, 0) is 15.3 Å². The van der Waals surface area contributed by atoms with Gasteiger partial charge in [-0.25, -0.2) is 4.98 Å². The molecule has 154 valence electrons. The van der Waals surface area contributed by atoms with Crippen molar-refractivity contribution in [3.8, 4) is 0 Å². The molecule has 5 rings (SSSR count). The quantitative estimate of drug-likeness (QED) is 0.315. The minimum absolute atomic E-state index is 0.0391. The Morgan fingerprint density at radius 3 is 2.43 bits per heavy atom. The molecule has 1 saturated heterocycles. The number of aromatic nitrogens is 1. The first-order valence-corrected chi connectivity index (χ1v) is 12.4. The van der Waals surface area contributed by atoms with Crippen molar-refractivity contribution in [1.29, 1.82) is 0 Å². The molecule has 2 aromatic carbocycles. The Labute approximate surface area is 192 Å². The number of amides is 2. The number of hydrogen-bond acceptors (Lipinski definition) is 5. The van der Waals surface area contributed by atoms with E-state index in [0.717, 1.165) is 51.6 Å². The summed E-state index contributed by atoms with van der Waals surface area (Å²) in [6, 6.07) is 11.3. The van der Waals surface area contributed by atoms with Crippen LogP contribution in [-0.4, -0.2) is 16.8 Å². The second-order valence-corrected chi connectivity index (χ2v) is 10.7. The lowest BCUT2D eigenvalue weighted by Crippen LogP contribution is -2.30. The van der Waals surface area contributed by atoms with E-state index in [0.29, 0.717) is 15.7 Å². The number of thioether (sulfide) groups is 1. The molecule has 2 fully saturated rings. The number of rotatable bonds is 4. The highest BCUT2D eigenvalue weighted by Gasteiger charge is 2.48. The van der Waals surface area contributed by atoms with E-state index in [4.69, 9.17) is 23.2 Å². The second kappa shape index (κ2) is 8.15. The monoisotopic (exact) mass is 476 g/mol. The highest BCUT2D eigenvalue weighted by atomic mass is 35.5. The Balaban J connectivity index is 1.37. The van der Waals surface area contributed by atoms with Gasteiger partial charge in [-0.3, -0.25) is 14.5 Å². The minimum Gasteiger partial charge on any atom is -0.274 e. The molecule has 4 nitrogen and oxygen atoms in total. The zero-order chi connectivity index (χ0) is 20.8. The summed E-state index contributed by atoms with van der Waals surface area (Å²) < 4.78 is 1.90. The number of nitrogens with zero attached hydrogens (tertiary/aromatic N) is 2. The van der Waals surface area contributed by atoms with Crippen LogP contribution in [0.25, 0.3) is 10.2 Å². The van der Waals surface area contributed by atoms with E-state index < -0.39 is 0 Å². The third kappa shape index (κ3) is 3.64. The van der Waals surface area contributed by atoms with Crippen LogP contribution in [0, 0.1) is 11.8 Å². The molecule has 1 aliphatic carbocycles. The van der Waals surface area contributed by atoms with Crippen molar-refractivity contribution in [3.05, 3.63) is 52.0 Å². The van der Waals surface area contributed by atoms with Gasteiger partial charge in [0.2, 0.25) is 11.8 Å². The standard InChI is InChI=1S/C22H18Cl2N2O2S2/c23-16-7-5-12(9-17(16)24)11-29-22-25-18-8-6-13(10-19(18)30-22)26-20(27)14-3-1-2-4-15(14)21(26)28/h5-10,14-15H,1-4,11H2/t14-,15-/m0/s1. The average Bonchev–Trinajstić information content (AvgIpc) is 3.27. The van der Waals surface area contributed by atoms with Crippen LogP contribution < -0.4 is 4.90 Å². The third-order valence-corrected chi connectivity index (χ3v) is 8.77. The zero-order valence-corrected chi connectivity index (χ0v) is 19.1. The van der Waals surface area contributed by atoms with Crippen LogP contribution in [0.15, 0.2) is 40.7 Å². The van der Waals surface area contributed by atoms with E-state index in [2.05, 4.69) is 4.98 Å². The van der Waals surface area contributed by atoms with E-state index >= 15 is 0 Å². The van der Waals surface area contributed by atoms with Crippen molar-refractivity contribution in [2.45, 2.75) is 35.8 Å². The number of thiazole rings is 1. The molecule has 2 heterocycles. The second-order valence-electron chi connectivity index (χ2n) is 7.68. The lowest BCUT2D eigenvalue weighted by Gasteiger charge is -2.19. The van der Waals surface area contributed by atoms with E-state index in [9.17, 15) is 9.59 Å².